The second-order valence-corrected chi connectivity index (χ2v) is 5.00. The summed E-state index contributed by atoms with van der Waals surface area (Å²) in [6.45, 7) is 6.69. The van der Waals surface area contributed by atoms with Crippen molar-refractivity contribution in [3.05, 3.63) is 0 Å². The number of nitrogens with zero attached hydrogens (tertiary/aromatic N) is 2. The van der Waals surface area contributed by atoms with E-state index in [1.54, 1.807) is 14.2 Å². The van der Waals surface area contributed by atoms with Crippen LogP contribution in [-0.4, -0.2) is 76.9 Å². The number of hydrogen-bond donors (Lipinski definition) is 2. The number of guanidine groups is 1. The lowest BCUT2D eigenvalue weighted by molar-refractivity contribution is -0.120. The molecular formula is C14H28N4O3. The topological polar surface area (TPSA) is 75.2 Å². The highest BCUT2D eigenvalue weighted by Crippen LogP contribution is 2.16. The largest absolute Gasteiger partial charge is 0.383 e. The predicted octanol–water partition coefficient (Wildman–Crippen LogP) is -0.317. The second kappa shape index (κ2) is 10.4. The number of rotatable bonds is 8. The van der Waals surface area contributed by atoms with Gasteiger partial charge in [-0.15, -0.1) is 0 Å². The van der Waals surface area contributed by atoms with Crippen LogP contribution in [0.1, 0.15) is 13.3 Å². The van der Waals surface area contributed by atoms with Gasteiger partial charge in [0.15, 0.2) is 5.96 Å². The summed E-state index contributed by atoms with van der Waals surface area (Å²) in [6.07, 6.45) is 1.10. The van der Waals surface area contributed by atoms with Crippen molar-refractivity contribution >= 4 is 11.9 Å². The van der Waals surface area contributed by atoms with Gasteiger partial charge in [-0.1, -0.05) is 0 Å². The number of nitrogens with one attached hydrogen (secondary N) is 2. The third-order valence-corrected chi connectivity index (χ3v) is 3.39. The predicted molar refractivity (Wildman–Crippen MR) is 82.4 cm³/mol. The summed E-state index contributed by atoms with van der Waals surface area (Å²) in [5.74, 6) is 1.26. The van der Waals surface area contributed by atoms with Crippen molar-refractivity contribution in [2.24, 2.45) is 10.9 Å². The zero-order chi connectivity index (χ0) is 15.5. The molecule has 1 amide bonds. The highest BCUT2D eigenvalue weighted by atomic mass is 16.5. The Balaban J connectivity index is 2.27. The van der Waals surface area contributed by atoms with Crippen LogP contribution in [0.3, 0.4) is 0 Å². The van der Waals surface area contributed by atoms with Gasteiger partial charge in [0, 0.05) is 46.3 Å². The fourth-order valence-electron chi connectivity index (χ4n) is 2.29. The smallest absolute Gasteiger partial charge is 0.239 e. The molecule has 1 saturated heterocycles. The summed E-state index contributed by atoms with van der Waals surface area (Å²) in [5, 5.41) is 5.87. The zero-order valence-corrected chi connectivity index (χ0v) is 13.4. The molecule has 7 nitrogen and oxygen atoms in total. The van der Waals surface area contributed by atoms with Crippen LogP contribution in [0.4, 0.5) is 0 Å². The monoisotopic (exact) mass is 300 g/mol. The lowest BCUT2D eigenvalue weighted by Crippen LogP contribution is -2.45. The van der Waals surface area contributed by atoms with Crippen LogP contribution in [0.5, 0.6) is 0 Å². The Kier molecular flexibility index (Phi) is 8.77. The molecule has 0 aromatic carbocycles. The Hall–Kier alpha value is -1.34. The van der Waals surface area contributed by atoms with E-state index >= 15 is 0 Å². The van der Waals surface area contributed by atoms with Crippen LogP contribution in [0.15, 0.2) is 4.99 Å². The van der Waals surface area contributed by atoms with Crippen molar-refractivity contribution < 1.29 is 14.3 Å². The van der Waals surface area contributed by atoms with Gasteiger partial charge in [0.05, 0.1) is 19.8 Å². The molecule has 1 fully saturated rings. The van der Waals surface area contributed by atoms with E-state index in [1.165, 1.54) is 0 Å². The summed E-state index contributed by atoms with van der Waals surface area (Å²) in [5.41, 5.74) is 0. The highest BCUT2D eigenvalue weighted by Gasteiger charge is 2.24. The maximum absolute atomic E-state index is 11.6. The highest BCUT2D eigenvalue weighted by molar-refractivity contribution is 5.86. The Morgan fingerprint density at radius 1 is 1.43 bits per heavy atom. The van der Waals surface area contributed by atoms with Crippen molar-refractivity contribution in [1.82, 2.24) is 15.5 Å². The van der Waals surface area contributed by atoms with Gasteiger partial charge in [-0.25, -0.2) is 0 Å². The standard InChI is InChI=1S/C14H28N4O3/c1-4-21-11-12-5-7-18(10-12)14(15-2)17-9-13(19)16-6-8-20-3/h12H,4-11H2,1-3H3,(H,15,17)(H,16,19). The van der Waals surface area contributed by atoms with Crippen LogP contribution in [0, 0.1) is 5.92 Å². The molecule has 1 atom stereocenters. The molecule has 1 unspecified atom stereocenters. The van der Waals surface area contributed by atoms with Crippen LogP contribution in [0.25, 0.3) is 0 Å². The molecule has 0 saturated carbocycles. The minimum absolute atomic E-state index is 0.0572. The molecular weight excluding hydrogens is 272 g/mol. The molecule has 21 heavy (non-hydrogen) atoms. The number of methoxy groups -OCH3 is 1. The number of amides is 1. The molecule has 0 radical (unpaired) electrons. The number of aliphatic imine (C=N–C) groups is 1. The molecule has 0 bridgehead atoms. The summed E-state index contributed by atoms with van der Waals surface area (Å²) in [6, 6.07) is 0. The van der Waals surface area contributed by atoms with E-state index < -0.39 is 0 Å². The van der Waals surface area contributed by atoms with E-state index in [0.29, 0.717) is 19.1 Å². The van der Waals surface area contributed by atoms with Crippen LogP contribution in [0.2, 0.25) is 0 Å². The Bertz CT molecular complexity index is 336. The van der Waals surface area contributed by atoms with Crippen molar-refractivity contribution in [2.75, 3.05) is 60.2 Å². The molecule has 1 aliphatic heterocycles. The molecule has 2 N–H and O–H groups in total. The van der Waals surface area contributed by atoms with Gasteiger partial charge < -0.3 is 25.0 Å². The van der Waals surface area contributed by atoms with Crippen molar-refractivity contribution in [3.63, 3.8) is 0 Å². The van der Waals surface area contributed by atoms with E-state index in [-0.39, 0.29) is 12.5 Å². The first-order valence-electron chi connectivity index (χ1n) is 7.50. The summed E-state index contributed by atoms with van der Waals surface area (Å²) < 4.78 is 10.4. The molecule has 7 heteroatoms. The lowest BCUT2D eigenvalue weighted by atomic mass is 10.1. The van der Waals surface area contributed by atoms with E-state index in [2.05, 4.69) is 20.5 Å². The van der Waals surface area contributed by atoms with Crippen LogP contribution < -0.4 is 10.6 Å². The van der Waals surface area contributed by atoms with Crippen molar-refractivity contribution in [2.45, 2.75) is 13.3 Å². The molecule has 0 spiro atoms. The van der Waals surface area contributed by atoms with Gasteiger partial charge in [-0.05, 0) is 13.3 Å². The maximum Gasteiger partial charge on any atom is 0.239 e. The lowest BCUT2D eigenvalue weighted by Gasteiger charge is -2.21. The van der Waals surface area contributed by atoms with Crippen molar-refractivity contribution in [3.8, 4) is 0 Å². The third-order valence-electron chi connectivity index (χ3n) is 3.39. The minimum atomic E-state index is -0.0572. The first-order chi connectivity index (χ1) is 10.2. The first kappa shape index (κ1) is 17.7. The van der Waals surface area contributed by atoms with E-state index in [0.717, 1.165) is 38.7 Å². The van der Waals surface area contributed by atoms with Gasteiger partial charge in [0.1, 0.15) is 0 Å². The molecule has 1 aliphatic rings. The normalized spacial score (nSPS) is 18.9. The molecule has 1 heterocycles. The summed E-state index contributed by atoms with van der Waals surface area (Å²) >= 11 is 0. The summed E-state index contributed by atoms with van der Waals surface area (Å²) in [7, 11) is 3.35. The van der Waals surface area contributed by atoms with Gasteiger partial charge in [-0.3, -0.25) is 9.79 Å². The average molecular weight is 300 g/mol. The van der Waals surface area contributed by atoms with E-state index in [4.69, 9.17) is 9.47 Å². The fourth-order valence-corrected chi connectivity index (χ4v) is 2.29. The van der Waals surface area contributed by atoms with E-state index in [1.807, 2.05) is 6.92 Å². The Morgan fingerprint density at radius 3 is 2.90 bits per heavy atom. The molecule has 122 valence electrons. The second-order valence-electron chi connectivity index (χ2n) is 5.00. The third kappa shape index (κ3) is 6.77. The maximum atomic E-state index is 11.6. The SMILES string of the molecule is CCOCC1CCN(C(=NC)NCC(=O)NCCOC)C1. The molecule has 0 aromatic rings. The molecule has 0 aromatic heterocycles. The number of hydrogen-bond acceptors (Lipinski definition) is 4. The number of carbonyl (C=O) groups is 1. The van der Waals surface area contributed by atoms with Gasteiger partial charge >= 0.3 is 0 Å². The molecule has 0 aliphatic carbocycles. The fraction of sp³-hybridized carbons (Fsp3) is 0.857. The first-order valence-corrected chi connectivity index (χ1v) is 7.50. The average Bonchev–Trinajstić information content (AvgIpc) is 2.95. The minimum Gasteiger partial charge on any atom is -0.383 e. The van der Waals surface area contributed by atoms with Gasteiger partial charge in [0.2, 0.25) is 5.91 Å². The zero-order valence-electron chi connectivity index (χ0n) is 13.4. The Labute approximate surface area is 127 Å². The van der Waals surface area contributed by atoms with Crippen molar-refractivity contribution in [1.29, 1.82) is 0 Å². The van der Waals surface area contributed by atoms with Crippen LogP contribution >= 0.6 is 0 Å². The quantitative estimate of drug-likeness (QED) is 0.365. The van der Waals surface area contributed by atoms with E-state index in [9.17, 15) is 4.79 Å². The van der Waals surface area contributed by atoms with Crippen LogP contribution in [-0.2, 0) is 14.3 Å². The number of ether oxygens (including phenoxy) is 2. The van der Waals surface area contributed by atoms with Gasteiger partial charge in [-0.2, -0.15) is 0 Å². The van der Waals surface area contributed by atoms with Gasteiger partial charge in [0.25, 0.3) is 0 Å². The Morgan fingerprint density at radius 2 is 2.24 bits per heavy atom. The summed E-state index contributed by atoms with van der Waals surface area (Å²) in [4.78, 5) is 18.0. The number of carbonyl (C=O) groups excluding carboxylic acids is 1. The molecule has 1 rings (SSSR count). The number of likely N-dealkylation sites (tertiary alicyclic amines) is 1.